The van der Waals surface area contributed by atoms with Gasteiger partial charge in [-0.05, 0) is 30.7 Å². The number of thiazole rings is 1. The van der Waals surface area contributed by atoms with Gasteiger partial charge in [0.25, 0.3) is 0 Å². The monoisotopic (exact) mass is 390 g/mol. The number of nitrogens with one attached hydrogen (secondary N) is 1. The van der Waals surface area contributed by atoms with E-state index in [-0.39, 0.29) is 23.8 Å². The van der Waals surface area contributed by atoms with E-state index >= 15 is 0 Å². The minimum Gasteiger partial charge on any atom is -0.504 e. The Morgan fingerprint density at radius 3 is 2.50 bits per heavy atom. The molecule has 1 heterocycles. The number of sulfonamides is 1. The Morgan fingerprint density at radius 1 is 1.08 bits per heavy atom. The number of aromatic nitrogens is 1. The summed E-state index contributed by atoms with van der Waals surface area (Å²) in [6.07, 6.45) is 0. The largest absolute Gasteiger partial charge is 0.504 e. The zero-order chi connectivity index (χ0) is 18.7. The Labute approximate surface area is 155 Å². The van der Waals surface area contributed by atoms with Gasteiger partial charge < -0.3 is 10.2 Å². The van der Waals surface area contributed by atoms with Crippen LogP contribution >= 0.6 is 11.3 Å². The minimum atomic E-state index is -3.47. The quantitative estimate of drug-likeness (QED) is 0.562. The summed E-state index contributed by atoms with van der Waals surface area (Å²) in [7, 11) is -3.47. The maximum absolute atomic E-state index is 12.2. The molecule has 0 unspecified atom stereocenters. The van der Waals surface area contributed by atoms with Gasteiger partial charge in [-0.25, -0.2) is 18.1 Å². The van der Waals surface area contributed by atoms with E-state index < -0.39 is 10.0 Å². The number of phenolic OH excluding ortho intramolecular Hbond substituents is 2. The van der Waals surface area contributed by atoms with Gasteiger partial charge in [0, 0.05) is 10.9 Å². The number of benzene rings is 2. The Balaban J connectivity index is 1.65. The number of aromatic hydroxyl groups is 2. The lowest BCUT2D eigenvalue weighted by atomic mass is 10.1. The van der Waals surface area contributed by atoms with Crippen LogP contribution in [0.3, 0.4) is 0 Å². The SMILES string of the molecule is Cc1ccc(CS(=O)(=O)NCc2nc(-c3ccc(O)c(O)c3)cs2)cc1. The fourth-order valence-electron chi connectivity index (χ4n) is 2.33. The Kier molecular flexibility index (Phi) is 5.26. The van der Waals surface area contributed by atoms with Gasteiger partial charge in [0.2, 0.25) is 10.0 Å². The molecule has 136 valence electrons. The third-order valence-corrected chi connectivity index (χ3v) is 5.89. The van der Waals surface area contributed by atoms with Gasteiger partial charge in [0.1, 0.15) is 5.01 Å². The fourth-order valence-corrected chi connectivity index (χ4v) is 4.26. The Morgan fingerprint density at radius 2 is 1.81 bits per heavy atom. The maximum Gasteiger partial charge on any atom is 0.216 e. The molecule has 0 atom stereocenters. The number of hydrogen-bond donors (Lipinski definition) is 3. The van der Waals surface area contributed by atoms with Crippen molar-refractivity contribution in [1.82, 2.24) is 9.71 Å². The van der Waals surface area contributed by atoms with E-state index in [4.69, 9.17) is 0 Å². The van der Waals surface area contributed by atoms with Crippen molar-refractivity contribution < 1.29 is 18.6 Å². The molecular weight excluding hydrogens is 372 g/mol. The Bertz CT molecular complexity index is 1010. The molecule has 0 fully saturated rings. The second kappa shape index (κ2) is 7.45. The van der Waals surface area contributed by atoms with E-state index in [0.717, 1.165) is 11.1 Å². The number of hydrogen-bond acceptors (Lipinski definition) is 6. The number of aryl methyl sites for hydroxylation is 1. The molecule has 0 saturated carbocycles. The summed E-state index contributed by atoms with van der Waals surface area (Å²) in [4.78, 5) is 4.37. The van der Waals surface area contributed by atoms with Crippen LogP contribution in [0.25, 0.3) is 11.3 Å². The molecule has 8 heteroatoms. The highest BCUT2D eigenvalue weighted by Crippen LogP contribution is 2.31. The average molecular weight is 390 g/mol. The highest BCUT2D eigenvalue weighted by molar-refractivity contribution is 7.88. The van der Waals surface area contributed by atoms with E-state index in [0.29, 0.717) is 16.3 Å². The maximum atomic E-state index is 12.2. The van der Waals surface area contributed by atoms with Crippen LogP contribution in [0.1, 0.15) is 16.1 Å². The zero-order valence-corrected chi connectivity index (χ0v) is 15.6. The second-order valence-electron chi connectivity index (χ2n) is 5.90. The van der Waals surface area contributed by atoms with Gasteiger partial charge in [-0.2, -0.15) is 0 Å². The zero-order valence-electron chi connectivity index (χ0n) is 14.0. The first-order chi connectivity index (χ1) is 12.3. The summed E-state index contributed by atoms with van der Waals surface area (Å²) in [5, 5.41) is 21.3. The highest BCUT2D eigenvalue weighted by atomic mass is 32.2. The van der Waals surface area contributed by atoms with E-state index in [1.807, 2.05) is 19.1 Å². The normalized spacial score (nSPS) is 11.6. The van der Waals surface area contributed by atoms with Crippen LogP contribution in [0, 0.1) is 6.92 Å². The summed E-state index contributed by atoms with van der Waals surface area (Å²) < 4.78 is 27.0. The molecule has 2 aromatic carbocycles. The first-order valence-electron chi connectivity index (χ1n) is 7.82. The van der Waals surface area contributed by atoms with E-state index in [1.165, 1.54) is 23.5 Å². The molecule has 3 aromatic rings. The molecule has 0 aliphatic carbocycles. The lowest BCUT2D eigenvalue weighted by Crippen LogP contribution is -2.24. The lowest BCUT2D eigenvalue weighted by molar-refractivity contribution is 0.404. The van der Waals surface area contributed by atoms with Gasteiger partial charge >= 0.3 is 0 Å². The minimum absolute atomic E-state index is 0.0860. The van der Waals surface area contributed by atoms with Crippen LogP contribution < -0.4 is 4.72 Å². The predicted molar refractivity (Wildman–Crippen MR) is 102 cm³/mol. The van der Waals surface area contributed by atoms with E-state index in [9.17, 15) is 18.6 Å². The van der Waals surface area contributed by atoms with Crippen molar-refractivity contribution in [2.24, 2.45) is 0 Å². The fraction of sp³-hybridized carbons (Fsp3) is 0.167. The topological polar surface area (TPSA) is 99.5 Å². The van der Waals surface area contributed by atoms with Crippen LogP contribution in [0.2, 0.25) is 0 Å². The number of phenols is 2. The van der Waals surface area contributed by atoms with Crippen molar-refractivity contribution in [1.29, 1.82) is 0 Å². The third kappa shape index (κ3) is 4.60. The molecule has 0 bridgehead atoms. The van der Waals surface area contributed by atoms with Crippen molar-refractivity contribution in [3.63, 3.8) is 0 Å². The van der Waals surface area contributed by atoms with Gasteiger partial charge in [-0.15, -0.1) is 11.3 Å². The molecule has 3 rings (SSSR count). The van der Waals surface area contributed by atoms with Gasteiger partial charge in [0.15, 0.2) is 11.5 Å². The van der Waals surface area contributed by atoms with Crippen molar-refractivity contribution in [3.8, 4) is 22.8 Å². The van der Waals surface area contributed by atoms with Crippen LogP contribution in [0.5, 0.6) is 11.5 Å². The molecular formula is C18H18N2O4S2. The Hall–Kier alpha value is -2.42. The highest BCUT2D eigenvalue weighted by Gasteiger charge is 2.13. The lowest BCUT2D eigenvalue weighted by Gasteiger charge is -2.06. The van der Waals surface area contributed by atoms with Crippen LogP contribution in [0.4, 0.5) is 0 Å². The van der Waals surface area contributed by atoms with Gasteiger partial charge in [-0.1, -0.05) is 29.8 Å². The van der Waals surface area contributed by atoms with Gasteiger partial charge in [0.05, 0.1) is 18.0 Å². The molecule has 26 heavy (non-hydrogen) atoms. The summed E-state index contributed by atoms with van der Waals surface area (Å²) in [6, 6.07) is 11.8. The average Bonchev–Trinajstić information content (AvgIpc) is 3.07. The summed E-state index contributed by atoms with van der Waals surface area (Å²) in [5.74, 6) is -0.513. The molecule has 0 amide bonds. The molecule has 0 aliphatic rings. The van der Waals surface area contributed by atoms with Crippen molar-refractivity contribution in [2.45, 2.75) is 19.2 Å². The summed E-state index contributed by atoms with van der Waals surface area (Å²) >= 11 is 1.32. The third-order valence-electron chi connectivity index (χ3n) is 3.74. The molecule has 6 nitrogen and oxygen atoms in total. The van der Waals surface area contributed by atoms with Crippen LogP contribution in [-0.2, 0) is 22.3 Å². The van der Waals surface area contributed by atoms with Crippen LogP contribution in [-0.4, -0.2) is 23.6 Å². The smallest absolute Gasteiger partial charge is 0.216 e. The number of rotatable bonds is 6. The van der Waals surface area contributed by atoms with Crippen LogP contribution in [0.15, 0.2) is 47.8 Å². The van der Waals surface area contributed by atoms with Crippen molar-refractivity contribution >= 4 is 21.4 Å². The molecule has 1 aromatic heterocycles. The predicted octanol–water partition coefficient (Wildman–Crippen LogP) is 3.15. The molecule has 0 aliphatic heterocycles. The first kappa shape index (κ1) is 18.4. The molecule has 3 N–H and O–H groups in total. The summed E-state index contributed by atoms with van der Waals surface area (Å²) in [6.45, 7) is 2.05. The molecule has 0 radical (unpaired) electrons. The van der Waals surface area contributed by atoms with Gasteiger partial charge in [-0.3, -0.25) is 0 Å². The second-order valence-corrected chi connectivity index (χ2v) is 8.65. The molecule has 0 spiro atoms. The van der Waals surface area contributed by atoms with E-state index in [2.05, 4.69) is 9.71 Å². The number of nitrogens with zero attached hydrogens (tertiary/aromatic N) is 1. The first-order valence-corrected chi connectivity index (χ1v) is 10.4. The standard InChI is InChI=1S/C18H18N2O4S2/c1-12-2-4-13(5-3-12)11-26(23,24)19-9-18-20-15(10-25-18)14-6-7-16(21)17(22)8-14/h2-8,10,19,21-22H,9,11H2,1H3. The molecule has 0 saturated heterocycles. The summed E-state index contributed by atoms with van der Waals surface area (Å²) in [5.41, 5.74) is 3.06. The van der Waals surface area contributed by atoms with Crippen molar-refractivity contribution in [2.75, 3.05) is 0 Å². The van der Waals surface area contributed by atoms with Crippen molar-refractivity contribution in [3.05, 3.63) is 64.0 Å². The van der Waals surface area contributed by atoms with E-state index in [1.54, 1.807) is 23.6 Å².